The Morgan fingerprint density at radius 2 is 1.55 bits per heavy atom. The van der Waals surface area contributed by atoms with Crippen molar-refractivity contribution in [3.8, 4) is 0 Å². The van der Waals surface area contributed by atoms with Gasteiger partial charge in [0.05, 0.1) is 37.6 Å². The quantitative estimate of drug-likeness (QED) is 0.624. The van der Waals surface area contributed by atoms with Crippen LogP contribution in [0.25, 0.3) is 10.8 Å². The topological polar surface area (TPSA) is 93.7 Å². The number of carbonyl (C=O) groups excluding carboxylic acids is 3. The fourth-order valence-electron chi connectivity index (χ4n) is 2.86. The normalized spacial score (nSPS) is 10.3. The van der Waals surface area contributed by atoms with Gasteiger partial charge in [-0.3, -0.25) is 4.79 Å². The van der Waals surface area contributed by atoms with Crippen molar-refractivity contribution in [1.29, 1.82) is 0 Å². The summed E-state index contributed by atoms with van der Waals surface area (Å²) in [7, 11) is 2.49. The maximum atomic E-state index is 12.4. The second kappa shape index (κ2) is 8.88. The van der Waals surface area contributed by atoms with E-state index in [0.29, 0.717) is 0 Å². The second-order valence-electron chi connectivity index (χ2n) is 6.21. The van der Waals surface area contributed by atoms with Crippen LogP contribution in [0.3, 0.4) is 0 Å². The van der Waals surface area contributed by atoms with E-state index in [9.17, 15) is 14.4 Å². The Morgan fingerprint density at radius 1 is 0.828 bits per heavy atom. The first kappa shape index (κ1) is 19.9. The third kappa shape index (κ3) is 4.70. The van der Waals surface area contributed by atoms with Crippen molar-refractivity contribution in [2.75, 3.05) is 31.4 Å². The zero-order valence-electron chi connectivity index (χ0n) is 16.0. The average Bonchev–Trinajstić information content (AvgIpc) is 2.76. The smallest absolute Gasteiger partial charge is 0.339 e. The number of esters is 2. The second-order valence-corrected chi connectivity index (χ2v) is 6.21. The summed E-state index contributed by atoms with van der Waals surface area (Å²) in [6.45, 7) is -0.0264. The van der Waals surface area contributed by atoms with E-state index < -0.39 is 11.9 Å². The van der Waals surface area contributed by atoms with E-state index in [-0.39, 0.29) is 29.3 Å². The number of nitrogens with one attached hydrogen (secondary N) is 2. The highest BCUT2D eigenvalue weighted by Crippen LogP contribution is 2.21. The minimum Gasteiger partial charge on any atom is -0.465 e. The Morgan fingerprint density at radius 3 is 2.28 bits per heavy atom. The summed E-state index contributed by atoms with van der Waals surface area (Å²) < 4.78 is 9.42. The van der Waals surface area contributed by atoms with Gasteiger partial charge in [0.25, 0.3) is 0 Å². The number of methoxy groups -OCH3 is 2. The van der Waals surface area contributed by atoms with E-state index >= 15 is 0 Å². The van der Waals surface area contributed by atoms with E-state index in [1.165, 1.54) is 32.4 Å². The summed E-state index contributed by atoms with van der Waals surface area (Å²) in [5, 5.41) is 7.84. The number of carbonyl (C=O) groups is 3. The highest BCUT2D eigenvalue weighted by Gasteiger charge is 2.17. The van der Waals surface area contributed by atoms with Gasteiger partial charge in [0.1, 0.15) is 0 Å². The average molecular weight is 392 g/mol. The molecule has 3 rings (SSSR count). The molecule has 7 heteroatoms. The Balaban J connectivity index is 1.74. The van der Waals surface area contributed by atoms with E-state index in [1.54, 1.807) is 0 Å². The zero-order chi connectivity index (χ0) is 20.8. The van der Waals surface area contributed by atoms with Gasteiger partial charge in [-0.2, -0.15) is 0 Å². The summed E-state index contributed by atoms with van der Waals surface area (Å²) in [5.41, 5.74) is 1.30. The van der Waals surface area contributed by atoms with E-state index in [0.717, 1.165) is 16.5 Å². The number of amides is 1. The molecule has 0 radical (unpaired) electrons. The fourth-order valence-corrected chi connectivity index (χ4v) is 2.86. The van der Waals surface area contributed by atoms with Gasteiger partial charge in [-0.15, -0.1) is 0 Å². The van der Waals surface area contributed by atoms with Gasteiger partial charge in [-0.25, -0.2) is 9.59 Å². The monoisotopic (exact) mass is 392 g/mol. The number of rotatable bonds is 6. The van der Waals surface area contributed by atoms with Gasteiger partial charge in [-0.05, 0) is 41.1 Å². The number of benzene rings is 3. The third-order valence-corrected chi connectivity index (χ3v) is 4.32. The molecule has 0 saturated heterocycles. The molecule has 0 fully saturated rings. The first-order chi connectivity index (χ1) is 14.0. The lowest BCUT2D eigenvalue weighted by Gasteiger charge is -2.12. The summed E-state index contributed by atoms with van der Waals surface area (Å²) in [5.74, 6) is -1.59. The molecule has 2 N–H and O–H groups in total. The molecular weight excluding hydrogens is 372 g/mol. The summed E-state index contributed by atoms with van der Waals surface area (Å²) in [4.78, 5) is 36.1. The zero-order valence-corrected chi connectivity index (χ0v) is 16.0. The van der Waals surface area contributed by atoms with Crippen LogP contribution in [0, 0.1) is 0 Å². The third-order valence-electron chi connectivity index (χ3n) is 4.32. The SMILES string of the molecule is COC(=O)c1ccc(C(=O)OC)c(NC(=O)CNc2ccc3ccccc3c2)c1. The molecule has 0 aliphatic rings. The fraction of sp³-hybridized carbons (Fsp3) is 0.136. The molecule has 7 nitrogen and oxygen atoms in total. The van der Waals surface area contributed by atoms with Crippen molar-refractivity contribution < 1.29 is 23.9 Å². The van der Waals surface area contributed by atoms with Crippen LogP contribution in [-0.4, -0.2) is 38.6 Å². The molecule has 0 aromatic heterocycles. The Labute approximate surface area is 167 Å². The van der Waals surface area contributed by atoms with Crippen molar-refractivity contribution in [2.24, 2.45) is 0 Å². The number of anilines is 2. The Bertz CT molecular complexity index is 1080. The molecule has 0 bridgehead atoms. The molecule has 3 aromatic carbocycles. The largest absolute Gasteiger partial charge is 0.465 e. The summed E-state index contributed by atoms with van der Waals surface area (Å²) in [6, 6.07) is 17.9. The van der Waals surface area contributed by atoms with Crippen LogP contribution in [0.4, 0.5) is 11.4 Å². The van der Waals surface area contributed by atoms with Crippen molar-refractivity contribution in [3.05, 3.63) is 71.8 Å². The van der Waals surface area contributed by atoms with Crippen LogP contribution in [0.5, 0.6) is 0 Å². The molecule has 3 aromatic rings. The highest BCUT2D eigenvalue weighted by molar-refractivity contribution is 6.04. The Kier molecular flexibility index (Phi) is 6.09. The standard InChI is InChI=1S/C22H20N2O5/c1-28-21(26)16-8-10-18(22(27)29-2)19(12-16)24-20(25)13-23-17-9-7-14-5-3-4-6-15(14)11-17/h3-12,23H,13H2,1-2H3,(H,24,25). The molecule has 0 spiro atoms. The number of fused-ring (bicyclic) bond motifs is 1. The van der Waals surface area contributed by atoms with Gasteiger partial charge >= 0.3 is 11.9 Å². The number of hydrogen-bond acceptors (Lipinski definition) is 6. The predicted octanol–water partition coefficient (Wildman–Crippen LogP) is 3.46. The van der Waals surface area contributed by atoms with Crippen LogP contribution >= 0.6 is 0 Å². The van der Waals surface area contributed by atoms with E-state index in [4.69, 9.17) is 4.74 Å². The lowest BCUT2D eigenvalue weighted by atomic mass is 10.1. The van der Waals surface area contributed by atoms with E-state index in [1.807, 2.05) is 42.5 Å². The molecule has 0 aliphatic heterocycles. The first-order valence-corrected chi connectivity index (χ1v) is 8.85. The molecular formula is C22H20N2O5. The molecule has 0 aliphatic carbocycles. The molecule has 29 heavy (non-hydrogen) atoms. The van der Waals surface area contributed by atoms with Crippen molar-refractivity contribution in [3.63, 3.8) is 0 Å². The lowest BCUT2D eigenvalue weighted by Crippen LogP contribution is -2.23. The van der Waals surface area contributed by atoms with Gasteiger partial charge < -0.3 is 20.1 Å². The molecule has 1 amide bonds. The number of ether oxygens (including phenoxy) is 2. The molecule has 0 atom stereocenters. The van der Waals surface area contributed by atoms with Crippen LogP contribution in [0.15, 0.2) is 60.7 Å². The van der Waals surface area contributed by atoms with Crippen molar-refractivity contribution in [2.45, 2.75) is 0 Å². The molecule has 0 heterocycles. The highest BCUT2D eigenvalue weighted by atomic mass is 16.5. The van der Waals surface area contributed by atoms with Gasteiger partial charge in [0.15, 0.2) is 0 Å². The lowest BCUT2D eigenvalue weighted by molar-refractivity contribution is -0.114. The number of hydrogen-bond donors (Lipinski definition) is 2. The van der Waals surface area contributed by atoms with Gasteiger partial charge in [0.2, 0.25) is 5.91 Å². The van der Waals surface area contributed by atoms with Crippen LogP contribution in [-0.2, 0) is 14.3 Å². The van der Waals surface area contributed by atoms with Crippen LogP contribution < -0.4 is 10.6 Å². The minimum atomic E-state index is -0.626. The predicted molar refractivity (Wildman–Crippen MR) is 110 cm³/mol. The minimum absolute atomic E-state index is 0.0264. The molecule has 0 saturated carbocycles. The van der Waals surface area contributed by atoms with Crippen molar-refractivity contribution in [1.82, 2.24) is 0 Å². The van der Waals surface area contributed by atoms with Crippen LogP contribution in [0.2, 0.25) is 0 Å². The van der Waals surface area contributed by atoms with Gasteiger partial charge in [0, 0.05) is 5.69 Å². The molecule has 0 unspecified atom stereocenters. The summed E-state index contributed by atoms with van der Waals surface area (Å²) >= 11 is 0. The first-order valence-electron chi connectivity index (χ1n) is 8.85. The van der Waals surface area contributed by atoms with Gasteiger partial charge in [-0.1, -0.05) is 30.3 Å². The maximum Gasteiger partial charge on any atom is 0.339 e. The van der Waals surface area contributed by atoms with Crippen LogP contribution in [0.1, 0.15) is 20.7 Å². The maximum absolute atomic E-state index is 12.4. The Hall–Kier alpha value is -3.87. The van der Waals surface area contributed by atoms with Crippen molar-refractivity contribution >= 4 is 40.0 Å². The summed E-state index contributed by atoms with van der Waals surface area (Å²) in [6.07, 6.45) is 0. The molecule has 148 valence electrons. The van der Waals surface area contributed by atoms with E-state index in [2.05, 4.69) is 15.4 Å².